The fourth-order valence-electron chi connectivity index (χ4n) is 3.58. The lowest BCUT2D eigenvalue weighted by Gasteiger charge is -2.16. The van der Waals surface area contributed by atoms with Crippen LogP contribution in [-0.4, -0.2) is 39.2 Å². The third kappa shape index (κ3) is 4.83. The molecule has 0 atom stereocenters. The molecule has 164 valence electrons. The smallest absolute Gasteiger partial charge is 0.341 e. The van der Waals surface area contributed by atoms with Crippen LogP contribution < -0.4 is 9.62 Å². The van der Waals surface area contributed by atoms with Crippen molar-refractivity contribution in [2.45, 2.75) is 32.1 Å². The summed E-state index contributed by atoms with van der Waals surface area (Å²) in [6.07, 6.45) is 5.77. The summed E-state index contributed by atoms with van der Waals surface area (Å²) >= 11 is 1.34. The molecule has 1 saturated heterocycles. The van der Waals surface area contributed by atoms with E-state index in [4.69, 9.17) is 4.74 Å². The van der Waals surface area contributed by atoms with Crippen LogP contribution in [-0.2, 0) is 19.6 Å². The highest BCUT2D eigenvalue weighted by Crippen LogP contribution is 2.46. The number of carbonyl (C=O) groups excluding carboxylic acids is 2. The highest BCUT2D eigenvalue weighted by Gasteiger charge is 2.32. The molecule has 7 nitrogen and oxygen atoms in total. The molecule has 2 aromatic rings. The molecule has 9 heteroatoms. The van der Waals surface area contributed by atoms with Crippen LogP contribution in [0.3, 0.4) is 0 Å². The number of benzene rings is 1. The molecular formula is C22H24N2O5S2. The Balaban J connectivity index is 1.44. The Bertz CT molecular complexity index is 1120. The van der Waals surface area contributed by atoms with Crippen molar-refractivity contribution in [1.82, 2.24) is 0 Å². The molecule has 0 radical (unpaired) electrons. The number of sulfonamides is 1. The second kappa shape index (κ2) is 8.84. The number of rotatable bonds is 7. The van der Waals surface area contributed by atoms with Gasteiger partial charge in [-0.1, -0.05) is 12.1 Å². The van der Waals surface area contributed by atoms with Gasteiger partial charge in [0.05, 0.1) is 23.6 Å². The summed E-state index contributed by atoms with van der Waals surface area (Å²) in [6.45, 7) is 2.53. The topological polar surface area (TPSA) is 92.8 Å². The van der Waals surface area contributed by atoms with Crippen LogP contribution in [0.25, 0.3) is 6.08 Å². The number of nitrogens with one attached hydrogen (secondary N) is 1. The van der Waals surface area contributed by atoms with Crippen molar-refractivity contribution in [3.63, 3.8) is 0 Å². The van der Waals surface area contributed by atoms with Crippen molar-refractivity contribution < 1.29 is 22.7 Å². The highest BCUT2D eigenvalue weighted by atomic mass is 32.2. The molecule has 2 fully saturated rings. The minimum Gasteiger partial charge on any atom is -0.462 e. The van der Waals surface area contributed by atoms with Crippen LogP contribution in [0.1, 0.15) is 53.6 Å². The number of esters is 1. The summed E-state index contributed by atoms with van der Waals surface area (Å²) in [6, 6.07) is 7.02. The Morgan fingerprint density at radius 2 is 2.00 bits per heavy atom. The molecule has 1 aliphatic heterocycles. The maximum atomic E-state index is 12.4. The van der Waals surface area contributed by atoms with Gasteiger partial charge in [-0.15, -0.1) is 11.3 Å². The molecule has 0 spiro atoms. The summed E-state index contributed by atoms with van der Waals surface area (Å²) in [5.74, 6) is -0.207. The highest BCUT2D eigenvalue weighted by molar-refractivity contribution is 7.93. The van der Waals surface area contributed by atoms with Gasteiger partial charge in [0, 0.05) is 12.6 Å². The van der Waals surface area contributed by atoms with Gasteiger partial charge < -0.3 is 10.1 Å². The summed E-state index contributed by atoms with van der Waals surface area (Å²) in [7, 11) is -3.21. The first-order chi connectivity index (χ1) is 14.9. The Labute approximate surface area is 185 Å². The van der Waals surface area contributed by atoms with E-state index in [9.17, 15) is 18.0 Å². The van der Waals surface area contributed by atoms with Gasteiger partial charge in [0.25, 0.3) is 0 Å². The standard InChI is InChI=1S/C22H24N2O5S2/c1-2-29-22(26)20-18(16-7-8-16)14-30-21(20)23-19(25)11-6-15-4-9-17(10-5-15)24-12-3-13-31(24,27)28/h4-6,9-11,14,16H,2-3,7-8,12-13H2,1H3,(H,23,25)/b11-6+. The van der Waals surface area contributed by atoms with E-state index in [0.29, 0.717) is 35.1 Å². The van der Waals surface area contributed by atoms with Crippen molar-refractivity contribution in [2.24, 2.45) is 0 Å². The second-order valence-electron chi connectivity index (χ2n) is 7.55. The average molecular weight is 461 g/mol. The Kier molecular flexibility index (Phi) is 6.15. The quantitative estimate of drug-likeness (QED) is 0.498. The normalized spacial score (nSPS) is 17.8. The number of ether oxygens (including phenoxy) is 1. The first-order valence-electron chi connectivity index (χ1n) is 10.3. The maximum absolute atomic E-state index is 12.4. The fourth-order valence-corrected chi connectivity index (χ4v) is 6.18. The van der Waals surface area contributed by atoms with E-state index in [1.807, 2.05) is 5.38 Å². The number of hydrogen-bond acceptors (Lipinski definition) is 6. The van der Waals surface area contributed by atoms with Gasteiger partial charge in [-0.05, 0) is 66.8 Å². The summed E-state index contributed by atoms with van der Waals surface area (Å²) in [4.78, 5) is 24.8. The first kappa shape index (κ1) is 21.6. The molecule has 1 N–H and O–H groups in total. The third-order valence-electron chi connectivity index (χ3n) is 5.26. The molecule has 1 saturated carbocycles. The van der Waals surface area contributed by atoms with E-state index in [-0.39, 0.29) is 18.3 Å². The van der Waals surface area contributed by atoms with Crippen LogP contribution in [0.15, 0.2) is 35.7 Å². The van der Waals surface area contributed by atoms with Gasteiger partial charge >= 0.3 is 5.97 Å². The predicted octanol–water partition coefficient (Wildman–Crippen LogP) is 3.99. The number of hydrogen-bond donors (Lipinski definition) is 1. The van der Waals surface area contributed by atoms with E-state index in [1.54, 1.807) is 37.3 Å². The molecule has 2 heterocycles. The summed E-state index contributed by atoms with van der Waals surface area (Å²) in [5.41, 5.74) is 2.82. The van der Waals surface area contributed by atoms with Crippen LogP contribution in [0.2, 0.25) is 0 Å². The lowest BCUT2D eigenvalue weighted by molar-refractivity contribution is -0.111. The second-order valence-corrected chi connectivity index (χ2v) is 10.4. The molecule has 4 rings (SSSR count). The van der Waals surface area contributed by atoms with Crippen molar-refractivity contribution in [3.05, 3.63) is 52.4 Å². The van der Waals surface area contributed by atoms with Gasteiger partial charge in [0.2, 0.25) is 15.9 Å². The molecule has 0 bridgehead atoms. The largest absolute Gasteiger partial charge is 0.462 e. The number of thiophene rings is 1. The van der Waals surface area contributed by atoms with Crippen molar-refractivity contribution >= 4 is 50.0 Å². The predicted molar refractivity (Wildman–Crippen MR) is 122 cm³/mol. The van der Waals surface area contributed by atoms with Crippen molar-refractivity contribution in [1.29, 1.82) is 0 Å². The van der Waals surface area contributed by atoms with Gasteiger partial charge in [0.15, 0.2) is 0 Å². The lowest BCUT2D eigenvalue weighted by atomic mass is 10.1. The Morgan fingerprint density at radius 3 is 2.61 bits per heavy atom. The van der Waals surface area contributed by atoms with Gasteiger partial charge in [-0.25, -0.2) is 13.2 Å². The Hall–Kier alpha value is -2.65. The molecule has 1 aliphatic carbocycles. The maximum Gasteiger partial charge on any atom is 0.341 e. The molecule has 0 unspecified atom stereocenters. The Morgan fingerprint density at radius 1 is 1.26 bits per heavy atom. The molecule has 2 aliphatic rings. The van der Waals surface area contributed by atoms with E-state index in [1.165, 1.54) is 21.7 Å². The third-order valence-corrected chi connectivity index (χ3v) is 8.04. The number of carbonyl (C=O) groups is 2. The van der Waals surface area contributed by atoms with Gasteiger partial charge in [0.1, 0.15) is 5.00 Å². The lowest BCUT2D eigenvalue weighted by Crippen LogP contribution is -2.24. The molecular weight excluding hydrogens is 436 g/mol. The molecule has 1 amide bonds. The number of amides is 1. The van der Waals surface area contributed by atoms with E-state index < -0.39 is 16.0 Å². The number of nitrogens with zero attached hydrogens (tertiary/aromatic N) is 1. The van der Waals surface area contributed by atoms with E-state index in [2.05, 4.69) is 5.32 Å². The van der Waals surface area contributed by atoms with Crippen LogP contribution >= 0.6 is 11.3 Å². The first-order valence-corrected chi connectivity index (χ1v) is 12.8. The summed E-state index contributed by atoms with van der Waals surface area (Å²) < 4.78 is 30.6. The minimum atomic E-state index is -3.21. The van der Waals surface area contributed by atoms with E-state index >= 15 is 0 Å². The summed E-state index contributed by atoms with van der Waals surface area (Å²) in [5, 5.41) is 5.22. The van der Waals surface area contributed by atoms with E-state index in [0.717, 1.165) is 24.0 Å². The van der Waals surface area contributed by atoms with Crippen molar-refractivity contribution in [3.8, 4) is 0 Å². The minimum absolute atomic E-state index is 0.174. The molecule has 1 aromatic heterocycles. The van der Waals surface area contributed by atoms with Gasteiger partial charge in [-0.2, -0.15) is 0 Å². The van der Waals surface area contributed by atoms with Crippen LogP contribution in [0, 0.1) is 0 Å². The monoisotopic (exact) mass is 460 g/mol. The van der Waals surface area contributed by atoms with Gasteiger partial charge in [-0.3, -0.25) is 9.10 Å². The SMILES string of the molecule is CCOC(=O)c1c(C2CC2)csc1NC(=O)/C=C/c1ccc(N2CCCS2(=O)=O)cc1. The zero-order valence-corrected chi connectivity index (χ0v) is 18.8. The van der Waals surface area contributed by atoms with Crippen LogP contribution in [0.4, 0.5) is 10.7 Å². The fraction of sp³-hybridized carbons (Fsp3) is 0.364. The number of anilines is 2. The average Bonchev–Trinajstić information content (AvgIpc) is 3.40. The molecule has 31 heavy (non-hydrogen) atoms. The van der Waals surface area contributed by atoms with Crippen molar-refractivity contribution in [2.75, 3.05) is 28.5 Å². The molecule has 1 aromatic carbocycles. The zero-order valence-electron chi connectivity index (χ0n) is 17.2. The van der Waals surface area contributed by atoms with Crippen LogP contribution in [0.5, 0.6) is 0 Å². The zero-order chi connectivity index (χ0) is 22.0.